The van der Waals surface area contributed by atoms with Crippen LogP contribution in [0, 0.1) is 0 Å². The lowest BCUT2D eigenvalue weighted by molar-refractivity contribution is 0.0722. The van der Waals surface area contributed by atoms with E-state index < -0.39 is 0 Å². The normalized spacial score (nSPS) is 13.4. The first kappa shape index (κ1) is 37.0. The number of piperazine rings is 1. The van der Waals surface area contributed by atoms with Crippen LogP contribution in [0.1, 0.15) is 31.8 Å². The van der Waals surface area contributed by atoms with E-state index in [0.29, 0.717) is 92.1 Å². The highest BCUT2D eigenvalue weighted by atomic mass is 35.5. The van der Waals surface area contributed by atoms with Gasteiger partial charge in [-0.25, -0.2) is 4.79 Å². The zero-order valence-corrected chi connectivity index (χ0v) is 31.7. The lowest BCUT2D eigenvalue weighted by atomic mass is 10.0. The van der Waals surface area contributed by atoms with Crippen molar-refractivity contribution < 1.29 is 14.4 Å². The monoisotopic (exact) mass is 763 g/mol. The molecule has 1 fully saturated rings. The summed E-state index contributed by atoms with van der Waals surface area (Å²) in [7, 11) is 1.77. The summed E-state index contributed by atoms with van der Waals surface area (Å²) >= 11 is 12.1. The van der Waals surface area contributed by atoms with Crippen molar-refractivity contribution in [3.63, 3.8) is 0 Å². The number of hydrogen-bond donors (Lipinski definition) is 3. The van der Waals surface area contributed by atoms with Crippen LogP contribution in [-0.2, 0) is 12.8 Å². The van der Waals surface area contributed by atoms with E-state index >= 15 is 0 Å². The maximum Gasteiger partial charge on any atom is 0.321 e. The molecule has 12 heteroatoms. The minimum atomic E-state index is -0.202. The summed E-state index contributed by atoms with van der Waals surface area (Å²) < 4.78 is 0. The number of likely N-dealkylation sites (N-methyl/N-ethyl adjacent to an activating group) is 1. The molecule has 0 spiro atoms. The zero-order chi connectivity index (χ0) is 37.6. The van der Waals surface area contributed by atoms with Crippen LogP contribution < -0.4 is 5.32 Å². The Bertz CT molecular complexity index is 2200. The van der Waals surface area contributed by atoms with Gasteiger partial charge < -0.3 is 30.0 Å². The molecule has 4 amide bonds. The molecule has 1 aliphatic heterocycles. The minimum absolute atomic E-state index is 0.165. The van der Waals surface area contributed by atoms with E-state index in [4.69, 9.17) is 23.2 Å². The summed E-state index contributed by atoms with van der Waals surface area (Å²) in [5.41, 5.74) is 5.79. The molecule has 1 aliphatic rings. The van der Waals surface area contributed by atoms with Crippen LogP contribution in [-0.4, -0.2) is 107 Å². The molecule has 3 heterocycles. The first-order valence-corrected chi connectivity index (χ1v) is 19.0. The Kier molecular flexibility index (Phi) is 11.5. The number of amides is 4. The third-order valence-corrected chi connectivity index (χ3v) is 11.0. The molecule has 10 nitrogen and oxygen atoms in total. The molecule has 0 radical (unpaired) electrons. The summed E-state index contributed by atoms with van der Waals surface area (Å²) in [5, 5.41) is 5.98. The highest BCUT2D eigenvalue weighted by Crippen LogP contribution is 2.26. The third-order valence-electron chi connectivity index (χ3n) is 10.3. The molecule has 0 unspecified atom stereocenters. The van der Waals surface area contributed by atoms with Gasteiger partial charge in [-0.05, 0) is 66.4 Å². The second-order valence-corrected chi connectivity index (χ2v) is 14.5. The molecule has 7 rings (SSSR count). The molecule has 2 aromatic heterocycles. The molecule has 0 saturated carbocycles. The van der Waals surface area contributed by atoms with Gasteiger partial charge in [0, 0.05) is 99.3 Å². The SMILES string of the molecule is CN(CCN1CCN(C(=O)Nc2ccc(Cl)c(Cl)c2)CC1)C(=O)c1ccccc1C(=O)N(CCc1c[nH]c2ccccc12)CCc1c[nH]c2ccccc12. The molecule has 0 aliphatic carbocycles. The number of urea groups is 1. The molecular weight excluding hydrogens is 721 g/mol. The number of anilines is 1. The highest BCUT2D eigenvalue weighted by molar-refractivity contribution is 6.42. The lowest BCUT2D eigenvalue weighted by Crippen LogP contribution is -2.51. The minimum Gasteiger partial charge on any atom is -0.361 e. The van der Waals surface area contributed by atoms with Gasteiger partial charge in [-0.3, -0.25) is 14.5 Å². The summed E-state index contributed by atoms with van der Waals surface area (Å²) in [6.07, 6.45) is 5.38. The van der Waals surface area contributed by atoms with Gasteiger partial charge in [0.2, 0.25) is 0 Å². The van der Waals surface area contributed by atoms with Crippen molar-refractivity contribution in [2.24, 2.45) is 0 Å². The molecule has 4 aromatic carbocycles. The van der Waals surface area contributed by atoms with Crippen molar-refractivity contribution >= 4 is 68.5 Å². The molecule has 3 N–H and O–H groups in total. The molecule has 278 valence electrons. The van der Waals surface area contributed by atoms with Gasteiger partial charge in [0.1, 0.15) is 0 Å². The smallest absolute Gasteiger partial charge is 0.321 e. The lowest BCUT2D eigenvalue weighted by Gasteiger charge is -2.35. The number of H-pyrrole nitrogens is 2. The standard InChI is InChI=1S/C42H43Cl2N7O3/c1-48(20-21-49-22-24-51(25-23-49)42(54)47-31-14-15-36(43)37(44)26-31)40(52)34-10-2-3-11-35(34)41(53)50(18-16-29-27-45-38-12-6-4-8-32(29)38)19-17-30-28-46-39-13-7-5-9-33(30)39/h2-15,26-28,45-46H,16-25H2,1H3,(H,47,54). The van der Waals surface area contributed by atoms with E-state index in [1.165, 1.54) is 0 Å². The number of aromatic amines is 2. The molecule has 0 atom stereocenters. The first-order chi connectivity index (χ1) is 26.2. The fourth-order valence-electron chi connectivity index (χ4n) is 7.08. The average Bonchev–Trinajstić information content (AvgIpc) is 3.82. The number of nitrogens with one attached hydrogen (secondary N) is 3. The largest absolute Gasteiger partial charge is 0.361 e. The van der Waals surface area contributed by atoms with E-state index in [1.807, 2.05) is 53.7 Å². The average molecular weight is 765 g/mol. The maximum absolute atomic E-state index is 14.5. The Morgan fingerprint density at radius 2 is 1.24 bits per heavy atom. The Balaban J connectivity index is 0.991. The third kappa shape index (κ3) is 8.41. The van der Waals surface area contributed by atoms with Crippen molar-refractivity contribution in [3.05, 3.63) is 136 Å². The second kappa shape index (κ2) is 16.8. The number of halogens is 2. The highest BCUT2D eigenvalue weighted by Gasteiger charge is 2.26. The van der Waals surface area contributed by atoms with Gasteiger partial charge in [0.05, 0.1) is 21.2 Å². The molecule has 6 aromatic rings. The van der Waals surface area contributed by atoms with Crippen LogP contribution in [0.5, 0.6) is 0 Å². The van der Waals surface area contributed by atoms with E-state index in [2.05, 4.69) is 44.5 Å². The number of carbonyl (C=O) groups is 3. The number of nitrogens with zero attached hydrogens (tertiary/aromatic N) is 4. The van der Waals surface area contributed by atoms with Gasteiger partial charge in [-0.2, -0.15) is 0 Å². The maximum atomic E-state index is 14.5. The van der Waals surface area contributed by atoms with Crippen LogP contribution in [0.2, 0.25) is 10.0 Å². The fraction of sp³-hybridized carbons (Fsp3) is 0.262. The van der Waals surface area contributed by atoms with E-state index in [1.54, 1.807) is 47.2 Å². The zero-order valence-electron chi connectivity index (χ0n) is 30.2. The Morgan fingerprint density at radius 3 is 1.83 bits per heavy atom. The summed E-state index contributed by atoms with van der Waals surface area (Å²) in [6.45, 7) is 4.56. The first-order valence-electron chi connectivity index (χ1n) is 18.2. The van der Waals surface area contributed by atoms with E-state index in [9.17, 15) is 14.4 Å². The number of rotatable bonds is 12. The van der Waals surface area contributed by atoms with Crippen molar-refractivity contribution in [3.8, 4) is 0 Å². The number of hydrogen-bond acceptors (Lipinski definition) is 4. The topological polar surface area (TPSA) is 108 Å². The van der Waals surface area contributed by atoms with E-state index in [0.717, 1.165) is 32.9 Å². The van der Waals surface area contributed by atoms with Gasteiger partial charge in [0.25, 0.3) is 11.8 Å². The molecule has 1 saturated heterocycles. The number of fused-ring (bicyclic) bond motifs is 2. The number of benzene rings is 4. The molecule has 54 heavy (non-hydrogen) atoms. The second-order valence-electron chi connectivity index (χ2n) is 13.7. The van der Waals surface area contributed by atoms with Crippen molar-refractivity contribution in [2.75, 3.05) is 64.7 Å². The summed E-state index contributed by atoms with van der Waals surface area (Å²) in [6, 6.07) is 28.3. The summed E-state index contributed by atoms with van der Waals surface area (Å²) in [4.78, 5) is 55.5. The quantitative estimate of drug-likeness (QED) is 0.118. The van der Waals surface area contributed by atoms with Gasteiger partial charge in [-0.1, -0.05) is 71.7 Å². The van der Waals surface area contributed by atoms with Crippen LogP contribution >= 0.6 is 23.2 Å². The van der Waals surface area contributed by atoms with Gasteiger partial charge >= 0.3 is 6.03 Å². The fourth-order valence-corrected chi connectivity index (χ4v) is 7.38. The Hall–Kier alpha value is -5.29. The predicted molar refractivity (Wildman–Crippen MR) is 217 cm³/mol. The van der Waals surface area contributed by atoms with Crippen molar-refractivity contribution in [1.82, 2.24) is 29.6 Å². The van der Waals surface area contributed by atoms with Crippen LogP contribution in [0.25, 0.3) is 21.8 Å². The van der Waals surface area contributed by atoms with E-state index in [-0.39, 0.29) is 17.8 Å². The molecular formula is C42H43Cl2N7O3. The van der Waals surface area contributed by atoms with Gasteiger partial charge in [0.15, 0.2) is 0 Å². The number of aromatic nitrogens is 2. The number of para-hydroxylation sites is 2. The van der Waals surface area contributed by atoms with Crippen molar-refractivity contribution in [1.29, 1.82) is 0 Å². The molecule has 0 bridgehead atoms. The van der Waals surface area contributed by atoms with Crippen LogP contribution in [0.3, 0.4) is 0 Å². The Morgan fingerprint density at radius 1 is 0.685 bits per heavy atom. The predicted octanol–water partition coefficient (Wildman–Crippen LogP) is 7.81. The van der Waals surface area contributed by atoms with Crippen molar-refractivity contribution in [2.45, 2.75) is 12.8 Å². The number of carbonyl (C=O) groups excluding carboxylic acids is 3. The summed E-state index contributed by atoms with van der Waals surface area (Å²) in [5.74, 6) is -0.367. The van der Waals surface area contributed by atoms with Crippen LogP contribution in [0.4, 0.5) is 10.5 Å². The van der Waals surface area contributed by atoms with Gasteiger partial charge in [-0.15, -0.1) is 0 Å². The Labute approximate surface area is 324 Å². The van der Waals surface area contributed by atoms with Crippen LogP contribution in [0.15, 0.2) is 103 Å².